The highest BCUT2D eigenvalue weighted by Gasteiger charge is 2.20. The minimum atomic E-state index is 0.126. The van der Waals surface area contributed by atoms with E-state index in [-0.39, 0.29) is 11.2 Å². The lowest BCUT2D eigenvalue weighted by Gasteiger charge is -2.29. The zero-order chi connectivity index (χ0) is 12.5. The van der Waals surface area contributed by atoms with E-state index in [2.05, 4.69) is 27.1 Å². The van der Waals surface area contributed by atoms with Crippen molar-refractivity contribution in [3.05, 3.63) is 35.1 Å². The van der Waals surface area contributed by atoms with Crippen molar-refractivity contribution in [3.8, 4) is 0 Å². The molecule has 0 atom stereocenters. The Bertz CT molecular complexity index is 566. The van der Waals surface area contributed by atoms with E-state index >= 15 is 0 Å². The van der Waals surface area contributed by atoms with Gasteiger partial charge in [-0.1, -0.05) is 18.2 Å². The molecule has 6 heteroatoms. The maximum absolute atomic E-state index is 5.83. The number of nitrogen functional groups attached to an aromatic ring is 1. The fourth-order valence-electron chi connectivity index (χ4n) is 2.22. The minimum Gasteiger partial charge on any atom is -0.368 e. The molecule has 3 rings (SSSR count). The van der Waals surface area contributed by atoms with E-state index in [0.717, 1.165) is 25.1 Å². The zero-order valence-electron chi connectivity index (χ0n) is 9.67. The second-order valence-corrected chi connectivity index (χ2v) is 4.48. The van der Waals surface area contributed by atoms with Gasteiger partial charge in [-0.2, -0.15) is 15.0 Å². The Hall–Kier alpha value is -1.88. The summed E-state index contributed by atoms with van der Waals surface area (Å²) in [7, 11) is 0. The van der Waals surface area contributed by atoms with Gasteiger partial charge >= 0.3 is 0 Å². The summed E-state index contributed by atoms with van der Waals surface area (Å²) in [6, 6.07) is 8.22. The first-order chi connectivity index (χ1) is 8.74. The monoisotopic (exact) mass is 261 g/mol. The van der Waals surface area contributed by atoms with Crippen LogP contribution in [0, 0.1) is 0 Å². The van der Waals surface area contributed by atoms with Crippen molar-refractivity contribution in [2.24, 2.45) is 0 Å². The highest BCUT2D eigenvalue weighted by atomic mass is 35.5. The van der Waals surface area contributed by atoms with Crippen LogP contribution in [0.25, 0.3) is 0 Å². The zero-order valence-corrected chi connectivity index (χ0v) is 10.4. The van der Waals surface area contributed by atoms with Gasteiger partial charge in [0.15, 0.2) is 0 Å². The Labute approximate surface area is 110 Å². The molecule has 1 aliphatic rings. The van der Waals surface area contributed by atoms with Gasteiger partial charge in [-0.05, 0) is 36.1 Å². The molecule has 0 saturated carbocycles. The minimum absolute atomic E-state index is 0.126. The number of para-hydroxylation sites is 1. The van der Waals surface area contributed by atoms with E-state index in [4.69, 9.17) is 17.3 Å². The van der Waals surface area contributed by atoms with Gasteiger partial charge in [0.1, 0.15) is 0 Å². The molecule has 0 unspecified atom stereocenters. The Morgan fingerprint density at radius 1 is 1.17 bits per heavy atom. The van der Waals surface area contributed by atoms with Crippen LogP contribution in [-0.4, -0.2) is 21.5 Å². The van der Waals surface area contributed by atoms with Gasteiger partial charge in [-0.15, -0.1) is 0 Å². The van der Waals surface area contributed by atoms with Crippen LogP contribution in [-0.2, 0) is 6.42 Å². The third-order valence-corrected chi connectivity index (χ3v) is 3.13. The molecule has 0 spiro atoms. The molecule has 0 aliphatic carbocycles. The molecular formula is C12H12ClN5. The van der Waals surface area contributed by atoms with Gasteiger partial charge in [0.2, 0.25) is 17.2 Å². The van der Waals surface area contributed by atoms with Crippen LogP contribution in [0.15, 0.2) is 24.3 Å². The molecule has 18 heavy (non-hydrogen) atoms. The van der Waals surface area contributed by atoms with Crippen LogP contribution in [0.5, 0.6) is 0 Å². The number of fused-ring (bicyclic) bond motifs is 1. The number of aromatic nitrogens is 3. The fourth-order valence-corrected chi connectivity index (χ4v) is 2.38. The summed E-state index contributed by atoms with van der Waals surface area (Å²) in [5, 5.41) is 0.126. The maximum Gasteiger partial charge on any atom is 0.236 e. The van der Waals surface area contributed by atoms with Gasteiger partial charge in [0.25, 0.3) is 0 Å². The SMILES string of the molecule is Nc1nc(Cl)nc(N2CCCc3ccccc32)n1. The number of aryl methyl sites for hydroxylation is 1. The molecule has 0 amide bonds. The summed E-state index contributed by atoms with van der Waals surface area (Å²) >= 11 is 5.83. The number of nitrogens with zero attached hydrogens (tertiary/aromatic N) is 4. The Kier molecular flexibility index (Phi) is 2.76. The highest BCUT2D eigenvalue weighted by molar-refractivity contribution is 6.28. The number of halogens is 1. The Morgan fingerprint density at radius 2 is 2.00 bits per heavy atom. The van der Waals surface area contributed by atoms with E-state index in [9.17, 15) is 0 Å². The topological polar surface area (TPSA) is 67.9 Å². The molecule has 1 aliphatic heterocycles. The third kappa shape index (κ3) is 1.97. The second kappa shape index (κ2) is 4.42. The summed E-state index contributed by atoms with van der Waals surface area (Å²) in [5.74, 6) is 0.660. The molecule has 0 radical (unpaired) electrons. The van der Waals surface area contributed by atoms with Crippen molar-refractivity contribution < 1.29 is 0 Å². The molecule has 0 saturated heterocycles. The van der Waals surface area contributed by atoms with Crippen LogP contribution >= 0.6 is 11.6 Å². The van der Waals surface area contributed by atoms with Gasteiger partial charge in [-0.25, -0.2) is 0 Å². The quantitative estimate of drug-likeness (QED) is 0.852. The van der Waals surface area contributed by atoms with E-state index in [1.807, 2.05) is 17.0 Å². The van der Waals surface area contributed by atoms with Crippen LogP contribution in [0.1, 0.15) is 12.0 Å². The van der Waals surface area contributed by atoms with Crippen LogP contribution in [0.3, 0.4) is 0 Å². The number of anilines is 3. The first-order valence-electron chi connectivity index (χ1n) is 5.76. The number of hydrogen-bond donors (Lipinski definition) is 1. The van der Waals surface area contributed by atoms with Crippen molar-refractivity contribution in [1.29, 1.82) is 0 Å². The molecule has 1 aromatic heterocycles. The van der Waals surface area contributed by atoms with Gasteiger partial charge in [0.05, 0.1) is 0 Å². The van der Waals surface area contributed by atoms with E-state index < -0.39 is 0 Å². The lowest BCUT2D eigenvalue weighted by Crippen LogP contribution is -2.26. The van der Waals surface area contributed by atoms with Crippen molar-refractivity contribution in [2.75, 3.05) is 17.2 Å². The molecule has 2 N–H and O–H groups in total. The number of nitrogens with two attached hydrogens (primary N) is 1. The number of hydrogen-bond acceptors (Lipinski definition) is 5. The first kappa shape index (κ1) is 11.2. The summed E-state index contributed by atoms with van der Waals surface area (Å²) in [6.45, 7) is 0.858. The molecule has 2 aromatic rings. The molecule has 1 aromatic carbocycles. The fraction of sp³-hybridized carbons (Fsp3) is 0.250. The average molecular weight is 262 g/mol. The largest absolute Gasteiger partial charge is 0.368 e. The lowest BCUT2D eigenvalue weighted by molar-refractivity contribution is 0.748. The van der Waals surface area contributed by atoms with Crippen LogP contribution in [0.4, 0.5) is 17.6 Å². The van der Waals surface area contributed by atoms with Crippen molar-refractivity contribution in [2.45, 2.75) is 12.8 Å². The van der Waals surface area contributed by atoms with E-state index in [0.29, 0.717) is 5.95 Å². The lowest BCUT2D eigenvalue weighted by atomic mass is 10.0. The normalized spacial score (nSPS) is 14.4. The number of rotatable bonds is 1. The molecule has 2 heterocycles. The van der Waals surface area contributed by atoms with Crippen LogP contribution in [0.2, 0.25) is 5.28 Å². The van der Waals surface area contributed by atoms with Crippen molar-refractivity contribution in [1.82, 2.24) is 15.0 Å². The standard InChI is InChI=1S/C12H12ClN5/c13-10-15-11(14)17-12(16-10)18-7-3-5-8-4-1-2-6-9(8)18/h1-2,4,6H,3,5,7H2,(H2,14,15,16,17). The predicted octanol–water partition coefficient (Wildman–Crippen LogP) is 2.19. The van der Waals surface area contributed by atoms with E-state index in [1.165, 1.54) is 5.56 Å². The summed E-state index contributed by atoms with van der Waals surface area (Å²) in [5.41, 5.74) is 8.02. The van der Waals surface area contributed by atoms with Crippen molar-refractivity contribution >= 4 is 29.2 Å². The number of benzene rings is 1. The van der Waals surface area contributed by atoms with Crippen molar-refractivity contribution in [3.63, 3.8) is 0 Å². The first-order valence-corrected chi connectivity index (χ1v) is 6.14. The second-order valence-electron chi connectivity index (χ2n) is 4.15. The van der Waals surface area contributed by atoms with Crippen LogP contribution < -0.4 is 10.6 Å². The average Bonchev–Trinajstić information content (AvgIpc) is 2.37. The molecule has 92 valence electrons. The van der Waals surface area contributed by atoms with Gasteiger partial charge in [-0.3, -0.25) is 0 Å². The Balaban J connectivity index is 2.08. The third-order valence-electron chi connectivity index (χ3n) is 2.97. The van der Waals surface area contributed by atoms with E-state index in [1.54, 1.807) is 0 Å². The molecule has 5 nitrogen and oxygen atoms in total. The van der Waals surface area contributed by atoms with Gasteiger partial charge in [0, 0.05) is 12.2 Å². The highest BCUT2D eigenvalue weighted by Crippen LogP contribution is 2.31. The molecule has 0 fully saturated rings. The Morgan fingerprint density at radius 3 is 2.83 bits per heavy atom. The summed E-state index contributed by atoms with van der Waals surface area (Å²) < 4.78 is 0. The van der Waals surface area contributed by atoms with Gasteiger partial charge < -0.3 is 10.6 Å². The predicted molar refractivity (Wildman–Crippen MR) is 71.0 cm³/mol. The molecule has 0 bridgehead atoms. The summed E-state index contributed by atoms with van der Waals surface area (Å²) in [6.07, 6.45) is 2.13. The molecular weight excluding hydrogens is 250 g/mol. The maximum atomic E-state index is 5.83. The summed E-state index contributed by atoms with van der Waals surface area (Å²) in [4.78, 5) is 14.1. The smallest absolute Gasteiger partial charge is 0.236 e.